The molecule has 7 heteroatoms. The molecule has 36 heavy (non-hydrogen) atoms. The van der Waals surface area contributed by atoms with Gasteiger partial charge in [-0.1, -0.05) is 54.6 Å². The fourth-order valence-electron chi connectivity index (χ4n) is 3.84. The Hall–Kier alpha value is -4.96. The number of ether oxygens (including phenoxy) is 1. The first-order valence-electron chi connectivity index (χ1n) is 11.2. The molecule has 0 saturated heterocycles. The number of hydrogen-bond donors (Lipinski definition) is 1. The van der Waals surface area contributed by atoms with Gasteiger partial charge in [0.25, 0.3) is 11.6 Å². The zero-order valence-electron chi connectivity index (χ0n) is 19.8. The zero-order valence-corrected chi connectivity index (χ0v) is 19.8. The van der Waals surface area contributed by atoms with Gasteiger partial charge >= 0.3 is 0 Å². The quantitative estimate of drug-likeness (QED) is 0.142. The molecule has 0 atom stereocenters. The smallest absolute Gasteiger partial charge is 0.269 e. The number of nitriles is 1. The molecule has 0 aromatic heterocycles. The summed E-state index contributed by atoms with van der Waals surface area (Å²) in [7, 11) is 0. The van der Waals surface area contributed by atoms with E-state index in [2.05, 4.69) is 5.32 Å². The number of nitrogens with zero attached hydrogens (tertiary/aromatic N) is 2. The van der Waals surface area contributed by atoms with Gasteiger partial charge < -0.3 is 10.1 Å². The van der Waals surface area contributed by atoms with Gasteiger partial charge in [-0.15, -0.1) is 0 Å². The van der Waals surface area contributed by atoms with Crippen LogP contribution < -0.4 is 10.1 Å². The number of non-ortho nitro benzene ring substituents is 1. The molecule has 0 radical (unpaired) electrons. The van der Waals surface area contributed by atoms with Gasteiger partial charge in [-0.3, -0.25) is 14.9 Å². The van der Waals surface area contributed by atoms with Crippen molar-refractivity contribution in [3.05, 3.63) is 117 Å². The maximum atomic E-state index is 13.0. The second-order valence-corrected chi connectivity index (χ2v) is 8.29. The fraction of sp³-hybridized carbons (Fsp3) is 0.103. The third kappa shape index (κ3) is 5.24. The summed E-state index contributed by atoms with van der Waals surface area (Å²) in [4.78, 5) is 23.7. The number of nitro groups is 1. The Morgan fingerprint density at radius 1 is 1.06 bits per heavy atom. The largest absolute Gasteiger partial charge is 0.488 e. The molecule has 0 aliphatic heterocycles. The SMILES string of the molecule is Cc1cccc(NC(=O)/C(C#N)=C/c2c(OCc3cccc([N+](=O)[O-])c3)ccc3ccccc23)c1C. The van der Waals surface area contributed by atoms with Gasteiger partial charge in [-0.05, 0) is 59.5 Å². The maximum absolute atomic E-state index is 13.0. The Morgan fingerprint density at radius 3 is 2.61 bits per heavy atom. The van der Waals surface area contributed by atoms with Gasteiger partial charge in [0.1, 0.15) is 24.0 Å². The van der Waals surface area contributed by atoms with E-state index in [0.717, 1.165) is 21.9 Å². The minimum Gasteiger partial charge on any atom is -0.488 e. The van der Waals surface area contributed by atoms with Crippen molar-refractivity contribution in [3.63, 3.8) is 0 Å². The van der Waals surface area contributed by atoms with Crippen molar-refractivity contribution in [1.29, 1.82) is 5.26 Å². The summed E-state index contributed by atoms with van der Waals surface area (Å²) in [5.41, 5.74) is 3.69. The molecule has 0 saturated carbocycles. The van der Waals surface area contributed by atoms with E-state index in [1.54, 1.807) is 24.3 Å². The van der Waals surface area contributed by atoms with Crippen molar-refractivity contribution in [1.82, 2.24) is 0 Å². The number of rotatable bonds is 7. The van der Waals surface area contributed by atoms with Crippen LogP contribution in [-0.2, 0) is 11.4 Å². The fourth-order valence-corrected chi connectivity index (χ4v) is 3.84. The molecule has 178 valence electrons. The Bertz CT molecular complexity index is 1550. The lowest BCUT2D eigenvalue weighted by Gasteiger charge is -2.13. The molecule has 0 fully saturated rings. The minimum atomic E-state index is -0.524. The first-order valence-corrected chi connectivity index (χ1v) is 11.2. The average Bonchev–Trinajstić information content (AvgIpc) is 2.89. The number of anilines is 1. The van der Waals surface area contributed by atoms with Crippen LogP contribution in [-0.4, -0.2) is 10.8 Å². The number of nitrogens with one attached hydrogen (secondary N) is 1. The van der Waals surface area contributed by atoms with E-state index in [4.69, 9.17) is 4.74 Å². The van der Waals surface area contributed by atoms with Crippen molar-refractivity contribution < 1.29 is 14.5 Å². The monoisotopic (exact) mass is 477 g/mol. The topological polar surface area (TPSA) is 105 Å². The van der Waals surface area contributed by atoms with Crippen LogP contribution in [0.4, 0.5) is 11.4 Å². The summed E-state index contributed by atoms with van der Waals surface area (Å²) < 4.78 is 6.04. The van der Waals surface area contributed by atoms with E-state index in [1.807, 2.05) is 62.4 Å². The van der Waals surface area contributed by atoms with Crippen molar-refractivity contribution in [3.8, 4) is 11.8 Å². The summed E-state index contributed by atoms with van der Waals surface area (Å²) in [5, 5.41) is 25.5. The number of fused-ring (bicyclic) bond motifs is 1. The predicted molar refractivity (Wildman–Crippen MR) is 140 cm³/mol. The van der Waals surface area contributed by atoms with Crippen molar-refractivity contribution in [2.24, 2.45) is 0 Å². The normalized spacial score (nSPS) is 11.1. The van der Waals surface area contributed by atoms with Gasteiger partial charge in [0, 0.05) is 23.4 Å². The molecule has 0 spiro atoms. The Labute approximate surface area is 208 Å². The molecule has 0 aliphatic rings. The Morgan fingerprint density at radius 2 is 1.83 bits per heavy atom. The van der Waals surface area contributed by atoms with Crippen LogP contribution in [0.5, 0.6) is 5.75 Å². The van der Waals surface area contributed by atoms with E-state index < -0.39 is 10.8 Å². The second-order valence-electron chi connectivity index (χ2n) is 8.29. The number of aryl methyl sites for hydroxylation is 1. The molecule has 4 aromatic carbocycles. The number of carbonyl (C=O) groups is 1. The second kappa shape index (κ2) is 10.5. The van der Waals surface area contributed by atoms with Gasteiger partial charge in [-0.2, -0.15) is 5.26 Å². The standard InChI is InChI=1S/C29H23N3O4/c1-19-7-5-12-27(20(19)2)31-29(33)23(17-30)16-26-25-11-4-3-9-22(25)13-14-28(26)36-18-21-8-6-10-24(15-21)32(34)35/h3-16H,18H2,1-2H3,(H,31,33)/b23-16+. The summed E-state index contributed by atoms with van der Waals surface area (Å²) in [6.07, 6.45) is 1.52. The van der Waals surface area contributed by atoms with Crippen LogP contribution in [0.25, 0.3) is 16.8 Å². The number of hydrogen-bond acceptors (Lipinski definition) is 5. The molecule has 4 rings (SSSR count). The van der Waals surface area contributed by atoms with Crippen LogP contribution in [0.15, 0.2) is 84.4 Å². The number of amides is 1. The lowest BCUT2D eigenvalue weighted by atomic mass is 10.0. The van der Waals surface area contributed by atoms with Crippen LogP contribution in [0.1, 0.15) is 22.3 Å². The third-order valence-corrected chi connectivity index (χ3v) is 5.95. The van der Waals surface area contributed by atoms with Gasteiger partial charge in [-0.25, -0.2) is 0 Å². The average molecular weight is 478 g/mol. The summed E-state index contributed by atoms with van der Waals surface area (Å²) in [6, 6.07) is 25.0. The Kier molecular flexibility index (Phi) is 7.07. The molecule has 4 aromatic rings. The van der Waals surface area contributed by atoms with Crippen molar-refractivity contribution in [2.75, 3.05) is 5.32 Å². The lowest BCUT2D eigenvalue weighted by Crippen LogP contribution is -2.14. The summed E-state index contributed by atoms with van der Waals surface area (Å²) in [5.74, 6) is -0.0729. The van der Waals surface area contributed by atoms with E-state index in [1.165, 1.54) is 18.2 Å². The Balaban J connectivity index is 1.70. The molecular weight excluding hydrogens is 454 g/mol. The predicted octanol–water partition coefficient (Wildman–Crippen LogP) is 6.49. The summed E-state index contributed by atoms with van der Waals surface area (Å²) >= 11 is 0. The van der Waals surface area contributed by atoms with E-state index in [-0.39, 0.29) is 17.9 Å². The molecule has 7 nitrogen and oxygen atoms in total. The highest BCUT2D eigenvalue weighted by Crippen LogP contribution is 2.31. The van der Waals surface area contributed by atoms with Crippen LogP contribution >= 0.6 is 0 Å². The number of benzene rings is 4. The van der Waals surface area contributed by atoms with Crippen LogP contribution in [0, 0.1) is 35.3 Å². The van der Waals surface area contributed by atoms with Crippen molar-refractivity contribution in [2.45, 2.75) is 20.5 Å². The molecule has 0 aliphatic carbocycles. The van der Waals surface area contributed by atoms with Gasteiger partial charge in [0.2, 0.25) is 0 Å². The molecule has 0 bridgehead atoms. The van der Waals surface area contributed by atoms with Gasteiger partial charge in [0.05, 0.1) is 4.92 Å². The zero-order chi connectivity index (χ0) is 25.7. The summed E-state index contributed by atoms with van der Waals surface area (Å²) in [6.45, 7) is 3.94. The van der Waals surface area contributed by atoms with Crippen LogP contribution in [0.2, 0.25) is 0 Å². The first-order chi connectivity index (χ1) is 17.4. The van der Waals surface area contributed by atoms with E-state index >= 15 is 0 Å². The first kappa shape index (κ1) is 24.2. The highest BCUT2D eigenvalue weighted by molar-refractivity contribution is 6.11. The lowest BCUT2D eigenvalue weighted by molar-refractivity contribution is -0.384. The van der Waals surface area contributed by atoms with Crippen LogP contribution in [0.3, 0.4) is 0 Å². The maximum Gasteiger partial charge on any atom is 0.269 e. The van der Waals surface area contributed by atoms with E-state index in [9.17, 15) is 20.2 Å². The van der Waals surface area contributed by atoms with Gasteiger partial charge in [0.15, 0.2) is 0 Å². The molecule has 1 N–H and O–H groups in total. The molecule has 1 amide bonds. The molecule has 0 unspecified atom stereocenters. The van der Waals surface area contributed by atoms with Crippen molar-refractivity contribution >= 4 is 34.1 Å². The highest BCUT2D eigenvalue weighted by atomic mass is 16.6. The third-order valence-electron chi connectivity index (χ3n) is 5.95. The highest BCUT2D eigenvalue weighted by Gasteiger charge is 2.15. The number of nitro benzene ring substituents is 1. The molecular formula is C29H23N3O4. The molecule has 0 heterocycles. The van der Waals surface area contributed by atoms with E-state index in [0.29, 0.717) is 22.6 Å². The number of carbonyl (C=O) groups excluding carboxylic acids is 1. The minimum absolute atomic E-state index is 0.0235.